The van der Waals surface area contributed by atoms with Crippen molar-refractivity contribution in [2.75, 3.05) is 33.3 Å². The molecule has 0 amide bonds. The maximum atomic E-state index is 5.55. The van der Waals surface area contributed by atoms with E-state index in [0.717, 1.165) is 11.3 Å². The van der Waals surface area contributed by atoms with Crippen molar-refractivity contribution >= 4 is 29.2 Å². The van der Waals surface area contributed by atoms with Crippen LogP contribution in [-0.4, -0.2) is 39.3 Å². The number of methoxy groups -OCH3 is 3. The third-order valence-corrected chi connectivity index (χ3v) is 3.70. The molecular weight excluding hydrogens is 366 g/mol. The maximum absolute atomic E-state index is 5.55. The van der Waals surface area contributed by atoms with E-state index in [4.69, 9.17) is 31.2 Å². The predicted octanol–water partition coefficient (Wildman–Crippen LogP) is 3.43. The van der Waals surface area contributed by atoms with Crippen LogP contribution in [0.25, 0.3) is 0 Å². The average molecular weight is 389 g/mol. The van der Waals surface area contributed by atoms with E-state index in [9.17, 15) is 0 Å². The highest BCUT2D eigenvalue weighted by Crippen LogP contribution is 2.29. The second kappa shape index (κ2) is 10.2. The van der Waals surface area contributed by atoms with Crippen LogP contribution in [0.15, 0.2) is 41.5 Å². The number of nitrogens with zero attached hydrogens (tertiary/aromatic N) is 1. The third-order valence-electron chi connectivity index (χ3n) is 3.51. The van der Waals surface area contributed by atoms with E-state index in [2.05, 4.69) is 15.8 Å². The summed E-state index contributed by atoms with van der Waals surface area (Å²) in [5.74, 6) is 2.59. The highest BCUT2D eigenvalue weighted by molar-refractivity contribution is 7.80. The van der Waals surface area contributed by atoms with Crippen LogP contribution in [0.4, 0.5) is 5.69 Å². The molecule has 0 bridgehead atoms. The van der Waals surface area contributed by atoms with E-state index in [-0.39, 0.29) is 0 Å². The summed E-state index contributed by atoms with van der Waals surface area (Å²) >= 11 is 5.25. The Kier molecular flexibility index (Phi) is 7.69. The number of anilines is 1. The molecule has 0 atom stereocenters. The van der Waals surface area contributed by atoms with Crippen molar-refractivity contribution in [2.24, 2.45) is 5.10 Å². The fourth-order valence-electron chi connectivity index (χ4n) is 2.28. The molecule has 144 valence electrons. The quantitative estimate of drug-likeness (QED) is 0.407. The second-order valence-corrected chi connectivity index (χ2v) is 5.65. The number of nitrogens with one attached hydrogen (secondary N) is 2. The molecule has 0 aliphatic carbocycles. The molecule has 0 spiro atoms. The zero-order valence-electron chi connectivity index (χ0n) is 15.7. The lowest BCUT2D eigenvalue weighted by Crippen LogP contribution is -2.23. The third kappa shape index (κ3) is 5.75. The zero-order chi connectivity index (χ0) is 19.6. The van der Waals surface area contributed by atoms with Crippen LogP contribution >= 0.6 is 12.2 Å². The number of benzene rings is 2. The van der Waals surface area contributed by atoms with Crippen LogP contribution in [0.5, 0.6) is 23.0 Å². The molecule has 0 fully saturated rings. The van der Waals surface area contributed by atoms with Crippen molar-refractivity contribution in [3.05, 3.63) is 42.0 Å². The van der Waals surface area contributed by atoms with E-state index in [0.29, 0.717) is 34.7 Å². The van der Waals surface area contributed by atoms with Gasteiger partial charge in [0.25, 0.3) is 0 Å². The highest BCUT2D eigenvalue weighted by atomic mass is 32.1. The monoisotopic (exact) mass is 389 g/mol. The van der Waals surface area contributed by atoms with Gasteiger partial charge in [0.1, 0.15) is 0 Å². The molecule has 0 aliphatic rings. The van der Waals surface area contributed by atoms with Crippen LogP contribution in [0.3, 0.4) is 0 Å². The summed E-state index contributed by atoms with van der Waals surface area (Å²) in [5, 5.41) is 7.51. The van der Waals surface area contributed by atoms with Gasteiger partial charge in [0.05, 0.1) is 34.2 Å². The molecule has 8 heteroatoms. The zero-order valence-corrected chi connectivity index (χ0v) is 16.6. The molecular formula is C19H23N3O4S. The van der Waals surface area contributed by atoms with Crippen LogP contribution in [0.2, 0.25) is 0 Å². The summed E-state index contributed by atoms with van der Waals surface area (Å²) in [6.07, 6.45) is 1.64. The minimum absolute atomic E-state index is 0.344. The lowest BCUT2D eigenvalue weighted by atomic mass is 10.2. The van der Waals surface area contributed by atoms with E-state index in [1.807, 2.05) is 31.2 Å². The molecule has 27 heavy (non-hydrogen) atoms. The summed E-state index contributed by atoms with van der Waals surface area (Å²) in [6.45, 7) is 2.47. The maximum Gasteiger partial charge on any atom is 0.191 e. The first-order chi connectivity index (χ1) is 13.1. The normalized spacial score (nSPS) is 10.4. The van der Waals surface area contributed by atoms with Gasteiger partial charge in [-0.2, -0.15) is 5.10 Å². The Labute approximate surface area is 164 Å². The number of hydrogen-bond acceptors (Lipinski definition) is 6. The van der Waals surface area contributed by atoms with Gasteiger partial charge in [-0.3, -0.25) is 5.43 Å². The second-order valence-electron chi connectivity index (χ2n) is 5.24. The molecule has 2 aromatic carbocycles. The van der Waals surface area contributed by atoms with Crippen LogP contribution in [-0.2, 0) is 0 Å². The van der Waals surface area contributed by atoms with Crippen molar-refractivity contribution in [2.45, 2.75) is 6.92 Å². The molecule has 0 heterocycles. The van der Waals surface area contributed by atoms with Crippen molar-refractivity contribution in [1.29, 1.82) is 0 Å². The fraction of sp³-hybridized carbons (Fsp3) is 0.263. The summed E-state index contributed by atoms with van der Waals surface area (Å²) in [6, 6.07) is 11.0. The van der Waals surface area contributed by atoms with Crippen LogP contribution in [0, 0.1) is 0 Å². The molecule has 2 N–H and O–H groups in total. The Morgan fingerprint density at radius 1 is 0.963 bits per heavy atom. The molecule has 7 nitrogen and oxygen atoms in total. The van der Waals surface area contributed by atoms with Crippen LogP contribution < -0.4 is 29.7 Å². The number of hydrogen-bond donors (Lipinski definition) is 2. The van der Waals surface area contributed by atoms with E-state index < -0.39 is 0 Å². The van der Waals surface area contributed by atoms with Gasteiger partial charge in [-0.15, -0.1) is 0 Å². The van der Waals surface area contributed by atoms with Gasteiger partial charge in [0, 0.05) is 11.8 Å². The predicted molar refractivity (Wildman–Crippen MR) is 111 cm³/mol. The van der Waals surface area contributed by atoms with Crippen molar-refractivity contribution < 1.29 is 18.9 Å². The van der Waals surface area contributed by atoms with Gasteiger partial charge in [-0.25, -0.2) is 0 Å². The molecule has 2 rings (SSSR count). The molecule has 0 saturated heterocycles. The fourth-order valence-corrected chi connectivity index (χ4v) is 2.45. The van der Waals surface area contributed by atoms with E-state index in [1.54, 1.807) is 39.7 Å². The number of hydrazone groups is 1. The van der Waals surface area contributed by atoms with Gasteiger partial charge < -0.3 is 24.3 Å². The van der Waals surface area contributed by atoms with Crippen LogP contribution in [0.1, 0.15) is 12.5 Å². The Morgan fingerprint density at radius 2 is 1.63 bits per heavy atom. The lowest BCUT2D eigenvalue weighted by molar-refractivity contribution is 0.311. The van der Waals surface area contributed by atoms with Crippen molar-refractivity contribution in [3.8, 4) is 23.0 Å². The Hall–Kier alpha value is -3.00. The van der Waals surface area contributed by atoms with Gasteiger partial charge in [0.2, 0.25) is 0 Å². The summed E-state index contributed by atoms with van der Waals surface area (Å²) in [4.78, 5) is 0. The van der Waals surface area contributed by atoms with Crippen molar-refractivity contribution in [3.63, 3.8) is 0 Å². The minimum Gasteiger partial charge on any atom is -0.493 e. The standard InChI is InChI=1S/C19H23N3O4S/c1-5-26-18-10-13(6-8-16(18)24-3)12-20-22-19(27)21-14-7-9-15(23-2)17(11-14)25-4/h6-12H,5H2,1-4H3,(H2,21,22,27)/b20-12-. The first-order valence-corrected chi connectivity index (χ1v) is 8.65. The summed E-state index contributed by atoms with van der Waals surface area (Å²) in [5.41, 5.74) is 4.37. The van der Waals surface area contributed by atoms with E-state index in [1.165, 1.54) is 0 Å². The number of thiocarbonyl (C=S) groups is 1. The molecule has 0 aromatic heterocycles. The van der Waals surface area contributed by atoms with Crippen molar-refractivity contribution in [1.82, 2.24) is 5.43 Å². The minimum atomic E-state index is 0.344. The molecule has 2 aromatic rings. The smallest absolute Gasteiger partial charge is 0.191 e. The first-order valence-electron chi connectivity index (χ1n) is 8.24. The molecule has 0 aliphatic heterocycles. The summed E-state index contributed by atoms with van der Waals surface area (Å²) in [7, 11) is 4.77. The number of rotatable bonds is 8. The van der Waals surface area contributed by atoms with Gasteiger partial charge >= 0.3 is 0 Å². The van der Waals surface area contributed by atoms with E-state index >= 15 is 0 Å². The Bertz CT molecular complexity index is 812. The highest BCUT2D eigenvalue weighted by Gasteiger charge is 2.06. The molecule has 0 saturated carbocycles. The summed E-state index contributed by atoms with van der Waals surface area (Å²) < 4.78 is 21.3. The number of ether oxygens (including phenoxy) is 4. The van der Waals surface area contributed by atoms with Gasteiger partial charge in [0.15, 0.2) is 28.1 Å². The first kappa shape index (κ1) is 20.3. The molecule has 0 unspecified atom stereocenters. The Balaban J connectivity index is 1.98. The Morgan fingerprint density at radius 3 is 2.30 bits per heavy atom. The van der Waals surface area contributed by atoms with Gasteiger partial charge in [-0.1, -0.05) is 0 Å². The largest absolute Gasteiger partial charge is 0.493 e. The van der Waals surface area contributed by atoms with Gasteiger partial charge in [-0.05, 0) is 55.0 Å². The lowest BCUT2D eigenvalue weighted by Gasteiger charge is -2.11. The SMILES string of the molecule is CCOc1cc(/C=N\NC(=S)Nc2ccc(OC)c(OC)c2)ccc1OC. The topological polar surface area (TPSA) is 73.3 Å². The average Bonchev–Trinajstić information content (AvgIpc) is 2.68. The molecule has 0 radical (unpaired) electrons.